The minimum atomic E-state index is -0.393. The van der Waals surface area contributed by atoms with E-state index < -0.39 is 6.04 Å². The molecule has 5 rings (SSSR count). The van der Waals surface area contributed by atoms with Gasteiger partial charge in [0.25, 0.3) is 5.91 Å². The molecule has 0 saturated carbocycles. The molecule has 1 atom stereocenters. The first-order valence-electron chi connectivity index (χ1n) is 11.3. The number of nitrogens with one attached hydrogen (secondary N) is 1. The molecule has 35 heavy (non-hydrogen) atoms. The highest BCUT2D eigenvalue weighted by Crippen LogP contribution is 2.46. The van der Waals surface area contributed by atoms with Crippen molar-refractivity contribution in [2.24, 2.45) is 0 Å². The quantitative estimate of drug-likeness (QED) is 0.405. The van der Waals surface area contributed by atoms with E-state index in [2.05, 4.69) is 10.2 Å². The average Bonchev–Trinajstić information content (AvgIpc) is 3.43. The van der Waals surface area contributed by atoms with Crippen LogP contribution in [0.1, 0.15) is 38.8 Å². The summed E-state index contributed by atoms with van der Waals surface area (Å²) < 4.78 is 16.5. The lowest BCUT2D eigenvalue weighted by Crippen LogP contribution is -2.29. The molecule has 0 radical (unpaired) electrons. The summed E-state index contributed by atoms with van der Waals surface area (Å²) in [6.07, 6.45) is 0. The molecular formula is C28H27N3O4. The van der Waals surface area contributed by atoms with Crippen molar-refractivity contribution in [1.82, 2.24) is 15.1 Å². The van der Waals surface area contributed by atoms with E-state index in [-0.39, 0.29) is 5.91 Å². The number of nitrogens with zero attached hydrogens (tertiary/aromatic N) is 2. The van der Waals surface area contributed by atoms with Gasteiger partial charge in [-0.1, -0.05) is 42.0 Å². The maximum absolute atomic E-state index is 13.7. The molecule has 1 unspecified atom stereocenters. The summed E-state index contributed by atoms with van der Waals surface area (Å²) in [6.45, 7) is 2.46. The normalized spacial score (nSPS) is 14.7. The minimum Gasteiger partial charge on any atom is -0.497 e. The van der Waals surface area contributed by atoms with Crippen molar-refractivity contribution >= 4 is 5.91 Å². The Hall–Kier alpha value is -4.26. The molecule has 1 aliphatic rings. The maximum atomic E-state index is 13.7. The van der Waals surface area contributed by atoms with E-state index in [0.717, 1.165) is 39.3 Å². The van der Waals surface area contributed by atoms with Crippen LogP contribution in [0.2, 0.25) is 0 Å². The predicted octanol–water partition coefficient (Wildman–Crippen LogP) is 5.16. The van der Waals surface area contributed by atoms with Crippen molar-refractivity contribution in [1.29, 1.82) is 0 Å². The zero-order valence-electron chi connectivity index (χ0n) is 20.2. The Morgan fingerprint density at radius 1 is 0.886 bits per heavy atom. The number of aryl methyl sites for hydroxylation is 1. The van der Waals surface area contributed by atoms with Crippen molar-refractivity contribution in [3.63, 3.8) is 0 Å². The highest BCUT2D eigenvalue weighted by Gasteiger charge is 2.43. The molecule has 0 bridgehead atoms. The van der Waals surface area contributed by atoms with E-state index >= 15 is 0 Å². The van der Waals surface area contributed by atoms with Gasteiger partial charge in [-0.3, -0.25) is 9.89 Å². The Morgan fingerprint density at radius 3 is 2.23 bits per heavy atom. The number of carbonyl (C=O) groups is 1. The van der Waals surface area contributed by atoms with E-state index in [1.165, 1.54) is 0 Å². The first-order chi connectivity index (χ1) is 17.0. The van der Waals surface area contributed by atoms with Gasteiger partial charge in [0.2, 0.25) is 0 Å². The number of amides is 1. The number of methoxy groups -OCH3 is 3. The highest BCUT2D eigenvalue weighted by molar-refractivity contribution is 6.00. The summed E-state index contributed by atoms with van der Waals surface area (Å²) in [5.74, 6) is 1.99. The van der Waals surface area contributed by atoms with Crippen LogP contribution in [0.25, 0.3) is 11.3 Å². The predicted molar refractivity (Wildman–Crippen MR) is 133 cm³/mol. The zero-order chi connectivity index (χ0) is 24.5. The Kier molecular flexibility index (Phi) is 5.91. The SMILES string of the molecule is COc1ccc(CN2C(=O)c3[nH]nc(-c4ccc(C)cc4)c3C2c2ccc(OC)cc2OC)cc1. The minimum absolute atomic E-state index is 0.107. The zero-order valence-corrected chi connectivity index (χ0v) is 20.2. The summed E-state index contributed by atoms with van der Waals surface area (Å²) in [6, 6.07) is 21.2. The van der Waals surface area contributed by atoms with Crippen LogP contribution in [-0.2, 0) is 6.54 Å². The van der Waals surface area contributed by atoms with Crippen LogP contribution in [0.5, 0.6) is 17.2 Å². The lowest BCUT2D eigenvalue weighted by Gasteiger charge is -2.28. The van der Waals surface area contributed by atoms with Crippen LogP contribution in [0.4, 0.5) is 0 Å². The molecule has 0 fully saturated rings. The van der Waals surface area contributed by atoms with Crippen LogP contribution in [0, 0.1) is 6.92 Å². The fraction of sp³-hybridized carbons (Fsp3) is 0.214. The number of fused-ring (bicyclic) bond motifs is 1. The summed E-state index contributed by atoms with van der Waals surface area (Å²) in [7, 11) is 4.88. The van der Waals surface area contributed by atoms with E-state index in [0.29, 0.717) is 23.7 Å². The number of rotatable bonds is 7. The third kappa shape index (κ3) is 3.99. The fourth-order valence-electron chi connectivity index (χ4n) is 4.59. The monoisotopic (exact) mass is 469 g/mol. The average molecular weight is 470 g/mol. The molecule has 2 heterocycles. The summed E-state index contributed by atoms with van der Waals surface area (Å²) in [4.78, 5) is 15.5. The van der Waals surface area contributed by atoms with E-state index in [1.807, 2.05) is 78.6 Å². The van der Waals surface area contributed by atoms with Crippen LogP contribution >= 0.6 is 0 Å². The number of carbonyl (C=O) groups excluding carboxylic acids is 1. The van der Waals surface area contributed by atoms with Gasteiger partial charge in [-0.05, 0) is 36.8 Å². The Bertz CT molecular complexity index is 1360. The molecule has 0 spiro atoms. The molecule has 7 heteroatoms. The number of benzene rings is 3. The molecule has 1 amide bonds. The van der Waals surface area contributed by atoms with E-state index in [9.17, 15) is 4.79 Å². The molecule has 0 saturated heterocycles. The fourth-order valence-corrected chi connectivity index (χ4v) is 4.59. The topological polar surface area (TPSA) is 76.7 Å². The van der Waals surface area contributed by atoms with Gasteiger partial charge in [-0.2, -0.15) is 5.10 Å². The van der Waals surface area contributed by atoms with Gasteiger partial charge in [-0.15, -0.1) is 0 Å². The molecule has 0 aliphatic carbocycles. The third-order valence-electron chi connectivity index (χ3n) is 6.44. The first kappa shape index (κ1) is 22.5. The summed E-state index contributed by atoms with van der Waals surface area (Å²) in [5, 5.41) is 7.58. The lowest BCUT2D eigenvalue weighted by molar-refractivity contribution is 0.0728. The van der Waals surface area contributed by atoms with Gasteiger partial charge in [0.1, 0.15) is 22.9 Å². The van der Waals surface area contributed by atoms with Gasteiger partial charge in [0.15, 0.2) is 0 Å². The van der Waals surface area contributed by atoms with Crippen molar-refractivity contribution in [3.05, 3.63) is 94.7 Å². The van der Waals surface area contributed by atoms with Gasteiger partial charge in [0, 0.05) is 29.3 Å². The van der Waals surface area contributed by atoms with Crippen LogP contribution in [-0.4, -0.2) is 42.3 Å². The lowest BCUT2D eigenvalue weighted by atomic mass is 9.94. The van der Waals surface area contributed by atoms with Gasteiger partial charge in [-0.25, -0.2) is 0 Å². The number of H-pyrrole nitrogens is 1. The van der Waals surface area contributed by atoms with Gasteiger partial charge >= 0.3 is 0 Å². The second-order valence-electron chi connectivity index (χ2n) is 8.52. The molecule has 1 aromatic heterocycles. The number of aromatic amines is 1. The number of hydrogen-bond donors (Lipinski definition) is 1. The number of hydrogen-bond acceptors (Lipinski definition) is 5. The second-order valence-corrected chi connectivity index (χ2v) is 8.52. The van der Waals surface area contributed by atoms with Crippen molar-refractivity contribution < 1.29 is 19.0 Å². The van der Waals surface area contributed by atoms with Gasteiger partial charge < -0.3 is 19.1 Å². The molecule has 178 valence electrons. The van der Waals surface area contributed by atoms with Crippen LogP contribution < -0.4 is 14.2 Å². The first-order valence-corrected chi connectivity index (χ1v) is 11.3. The van der Waals surface area contributed by atoms with Crippen LogP contribution in [0.15, 0.2) is 66.7 Å². The highest BCUT2D eigenvalue weighted by atomic mass is 16.5. The molecular weight excluding hydrogens is 442 g/mol. The molecule has 1 aliphatic heterocycles. The second kappa shape index (κ2) is 9.18. The van der Waals surface area contributed by atoms with Crippen LogP contribution in [0.3, 0.4) is 0 Å². The van der Waals surface area contributed by atoms with E-state index in [4.69, 9.17) is 14.2 Å². The standard InChI is InChI=1S/C28H27N3O4/c1-17-5-9-19(10-6-17)25-24-26(30-29-25)28(32)31(16-18-7-11-20(33-2)12-8-18)27(24)22-14-13-21(34-3)15-23(22)35-4/h5-15,27H,16H2,1-4H3,(H,29,30). The van der Waals surface area contributed by atoms with Crippen molar-refractivity contribution in [2.75, 3.05) is 21.3 Å². The molecule has 7 nitrogen and oxygen atoms in total. The molecule has 4 aromatic rings. The van der Waals surface area contributed by atoms with Crippen molar-refractivity contribution in [3.8, 4) is 28.5 Å². The summed E-state index contributed by atoms with van der Waals surface area (Å²) >= 11 is 0. The number of aromatic nitrogens is 2. The third-order valence-corrected chi connectivity index (χ3v) is 6.44. The summed E-state index contributed by atoms with van der Waals surface area (Å²) in [5.41, 5.74) is 6.06. The Labute approximate surface area is 204 Å². The van der Waals surface area contributed by atoms with Gasteiger partial charge in [0.05, 0.1) is 33.1 Å². The number of ether oxygens (including phenoxy) is 3. The Morgan fingerprint density at radius 2 is 1.57 bits per heavy atom. The largest absolute Gasteiger partial charge is 0.497 e. The molecule has 3 aromatic carbocycles. The Balaban J connectivity index is 1.65. The maximum Gasteiger partial charge on any atom is 0.273 e. The van der Waals surface area contributed by atoms with Crippen molar-refractivity contribution in [2.45, 2.75) is 19.5 Å². The molecule has 1 N–H and O–H groups in total. The smallest absolute Gasteiger partial charge is 0.273 e. The van der Waals surface area contributed by atoms with E-state index in [1.54, 1.807) is 21.3 Å².